The van der Waals surface area contributed by atoms with Gasteiger partial charge in [0.1, 0.15) is 0 Å². The molecule has 0 aliphatic heterocycles. The summed E-state index contributed by atoms with van der Waals surface area (Å²) in [5, 5.41) is 20.9. The van der Waals surface area contributed by atoms with Crippen molar-refractivity contribution in [2.45, 2.75) is 19.3 Å². The molecule has 164 valence electrons. The van der Waals surface area contributed by atoms with E-state index in [4.69, 9.17) is 32.8 Å². The summed E-state index contributed by atoms with van der Waals surface area (Å²) < 4.78 is 6.06. The lowest BCUT2D eigenvalue weighted by Crippen LogP contribution is -2.35. The van der Waals surface area contributed by atoms with Crippen LogP contribution in [-0.4, -0.2) is 36.0 Å². The SMILES string of the molecule is CC(C)(c1noc(-c2ccsc2)n1)c1c(Cl)cc(-n2nc(C(=O)O)c(=O)[nH]c2=O)cc1Cl. The van der Waals surface area contributed by atoms with Gasteiger partial charge >= 0.3 is 11.7 Å². The zero-order chi connectivity index (χ0) is 23.2. The predicted octanol–water partition coefficient (Wildman–Crippen LogP) is 3.36. The first-order valence-electron chi connectivity index (χ1n) is 8.93. The highest BCUT2D eigenvalue weighted by Gasteiger charge is 2.34. The maximum absolute atomic E-state index is 12.2. The van der Waals surface area contributed by atoms with Gasteiger partial charge in [0, 0.05) is 21.0 Å². The van der Waals surface area contributed by atoms with Gasteiger partial charge in [0.2, 0.25) is 5.69 Å². The van der Waals surface area contributed by atoms with Crippen molar-refractivity contribution in [3.8, 4) is 17.1 Å². The molecule has 0 radical (unpaired) electrons. The Morgan fingerprint density at radius 1 is 1.25 bits per heavy atom. The fourth-order valence-electron chi connectivity index (χ4n) is 3.09. The number of carboxylic acid groups (broad SMARTS) is 1. The average Bonchev–Trinajstić information content (AvgIpc) is 3.39. The van der Waals surface area contributed by atoms with Crippen LogP contribution in [0.3, 0.4) is 0 Å². The van der Waals surface area contributed by atoms with Gasteiger partial charge in [-0.1, -0.05) is 28.4 Å². The fourth-order valence-corrected chi connectivity index (χ4v) is 4.66. The van der Waals surface area contributed by atoms with Crippen LogP contribution in [0.5, 0.6) is 0 Å². The highest BCUT2D eigenvalue weighted by molar-refractivity contribution is 7.08. The fraction of sp³-hybridized carbons (Fsp3) is 0.158. The number of hydrogen-bond donors (Lipinski definition) is 2. The van der Waals surface area contributed by atoms with Gasteiger partial charge < -0.3 is 9.63 Å². The van der Waals surface area contributed by atoms with E-state index in [1.807, 2.05) is 21.8 Å². The van der Waals surface area contributed by atoms with E-state index in [2.05, 4.69) is 15.2 Å². The summed E-state index contributed by atoms with van der Waals surface area (Å²) in [6.07, 6.45) is 0. The molecule has 0 unspecified atom stereocenters. The van der Waals surface area contributed by atoms with Crippen LogP contribution < -0.4 is 11.2 Å². The molecule has 10 nitrogen and oxygen atoms in total. The topological polar surface area (TPSA) is 144 Å². The number of benzene rings is 1. The van der Waals surface area contributed by atoms with Gasteiger partial charge in [0.25, 0.3) is 11.4 Å². The number of H-pyrrole nitrogens is 1. The number of carboxylic acids is 1. The molecule has 2 N–H and O–H groups in total. The predicted molar refractivity (Wildman–Crippen MR) is 117 cm³/mol. The Labute approximate surface area is 193 Å². The number of thiophene rings is 1. The molecule has 0 atom stereocenters. The van der Waals surface area contributed by atoms with Gasteiger partial charge in [-0.25, -0.2) is 9.59 Å². The first kappa shape index (κ1) is 21.9. The van der Waals surface area contributed by atoms with Gasteiger partial charge in [0.05, 0.1) is 16.7 Å². The molecule has 13 heteroatoms. The third kappa shape index (κ3) is 3.74. The van der Waals surface area contributed by atoms with Crippen LogP contribution in [0.15, 0.2) is 43.1 Å². The molecular formula is C19H13Cl2N5O5S. The largest absolute Gasteiger partial charge is 0.476 e. The number of halogens is 2. The smallest absolute Gasteiger partial charge is 0.362 e. The van der Waals surface area contributed by atoms with E-state index >= 15 is 0 Å². The van der Waals surface area contributed by atoms with Gasteiger partial charge in [-0.05, 0) is 37.4 Å². The van der Waals surface area contributed by atoms with Crippen molar-refractivity contribution in [3.05, 3.63) is 76.9 Å². The number of aromatic nitrogens is 5. The minimum atomic E-state index is -1.59. The molecule has 3 heterocycles. The summed E-state index contributed by atoms with van der Waals surface area (Å²) in [5.74, 6) is -0.903. The van der Waals surface area contributed by atoms with Crippen molar-refractivity contribution in [2.75, 3.05) is 0 Å². The van der Waals surface area contributed by atoms with Crippen LogP contribution in [0.25, 0.3) is 17.1 Å². The van der Waals surface area contributed by atoms with Gasteiger partial charge in [-0.2, -0.15) is 26.1 Å². The second-order valence-corrected chi connectivity index (χ2v) is 8.76. The van der Waals surface area contributed by atoms with Crippen molar-refractivity contribution in [1.82, 2.24) is 24.9 Å². The summed E-state index contributed by atoms with van der Waals surface area (Å²) in [6.45, 7) is 3.60. The number of aromatic carboxylic acids is 1. The van der Waals surface area contributed by atoms with Crippen LogP contribution in [0.4, 0.5) is 0 Å². The van der Waals surface area contributed by atoms with E-state index in [0.717, 1.165) is 5.56 Å². The Morgan fingerprint density at radius 2 is 1.94 bits per heavy atom. The second-order valence-electron chi connectivity index (χ2n) is 7.17. The second kappa shape index (κ2) is 8.01. The Morgan fingerprint density at radius 3 is 2.53 bits per heavy atom. The van der Waals surface area contributed by atoms with E-state index in [0.29, 0.717) is 22.0 Å². The van der Waals surface area contributed by atoms with E-state index in [9.17, 15) is 14.4 Å². The molecule has 4 aromatic rings. The normalized spacial score (nSPS) is 11.6. The van der Waals surface area contributed by atoms with Crippen LogP contribution >= 0.6 is 34.5 Å². The number of nitrogens with one attached hydrogen (secondary N) is 1. The quantitative estimate of drug-likeness (QED) is 0.430. The first-order chi connectivity index (χ1) is 15.1. The lowest BCUT2D eigenvalue weighted by atomic mass is 9.83. The third-order valence-electron chi connectivity index (χ3n) is 4.68. The molecule has 0 bridgehead atoms. The Balaban J connectivity index is 1.80. The maximum Gasteiger partial charge on any atom is 0.362 e. The van der Waals surface area contributed by atoms with Crippen molar-refractivity contribution in [1.29, 1.82) is 0 Å². The summed E-state index contributed by atoms with van der Waals surface area (Å²) in [7, 11) is 0. The van der Waals surface area contributed by atoms with Gasteiger partial charge in [0.15, 0.2) is 5.82 Å². The standard InChI is InChI=1S/C19H13Cl2N5O5S/c1-19(2,17-23-15(31-25-17)8-3-4-32-7-8)12-10(20)5-9(6-11(12)21)26-18(30)22-14(27)13(24-26)16(28)29/h3-7H,1-2H3,(H,28,29)(H,22,27,30). The molecule has 0 aliphatic rings. The molecule has 3 aromatic heterocycles. The van der Waals surface area contributed by atoms with Crippen LogP contribution in [0, 0.1) is 0 Å². The summed E-state index contributed by atoms with van der Waals surface area (Å²) in [4.78, 5) is 41.4. The van der Waals surface area contributed by atoms with E-state index < -0.39 is 28.3 Å². The molecule has 0 amide bonds. The highest BCUT2D eigenvalue weighted by atomic mass is 35.5. The van der Waals surface area contributed by atoms with Crippen LogP contribution in [-0.2, 0) is 5.41 Å². The third-order valence-corrected chi connectivity index (χ3v) is 5.96. The van der Waals surface area contributed by atoms with Crippen LogP contribution in [0.1, 0.15) is 35.7 Å². The number of rotatable bonds is 5. The summed E-state index contributed by atoms with van der Waals surface area (Å²) in [6, 6.07) is 4.61. The molecule has 0 spiro atoms. The molecule has 0 aliphatic carbocycles. The average molecular weight is 494 g/mol. The van der Waals surface area contributed by atoms with Gasteiger partial charge in [-0.15, -0.1) is 0 Å². The highest BCUT2D eigenvalue weighted by Crippen LogP contribution is 2.40. The lowest BCUT2D eigenvalue weighted by Gasteiger charge is -2.24. The molecule has 0 saturated heterocycles. The van der Waals surface area contributed by atoms with Gasteiger partial charge in [-0.3, -0.25) is 9.78 Å². The zero-order valence-electron chi connectivity index (χ0n) is 16.4. The molecule has 1 aromatic carbocycles. The summed E-state index contributed by atoms with van der Waals surface area (Å²) in [5.41, 5.74) is -2.50. The number of hydrogen-bond acceptors (Lipinski definition) is 8. The van der Waals surface area contributed by atoms with E-state index in [-0.39, 0.29) is 15.7 Å². The Hall–Kier alpha value is -3.28. The minimum Gasteiger partial charge on any atom is -0.476 e. The van der Waals surface area contributed by atoms with E-state index in [1.165, 1.54) is 23.5 Å². The first-order valence-corrected chi connectivity index (χ1v) is 10.6. The Bertz CT molecular complexity index is 1430. The molecular weight excluding hydrogens is 481 g/mol. The maximum atomic E-state index is 12.2. The number of carbonyl (C=O) groups is 1. The number of nitrogens with zero attached hydrogens (tertiary/aromatic N) is 4. The minimum absolute atomic E-state index is 0.0652. The van der Waals surface area contributed by atoms with Crippen molar-refractivity contribution < 1.29 is 14.4 Å². The van der Waals surface area contributed by atoms with Crippen molar-refractivity contribution >= 4 is 40.5 Å². The zero-order valence-corrected chi connectivity index (χ0v) is 18.7. The molecule has 32 heavy (non-hydrogen) atoms. The van der Waals surface area contributed by atoms with Crippen molar-refractivity contribution in [3.63, 3.8) is 0 Å². The van der Waals surface area contributed by atoms with Crippen molar-refractivity contribution in [2.24, 2.45) is 0 Å². The van der Waals surface area contributed by atoms with E-state index in [1.54, 1.807) is 13.8 Å². The molecule has 0 saturated carbocycles. The monoisotopic (exact) mass is 493 g/mol. The summed E-state index contributed by atoms with van der Waals surface area (Å²) >= 11 is 14.5. The molecule has 0 fully saturated rings. The molecule has 4 rings (SSSR count). The Kier molecular flexibility index (Phi) is 5.49. The number of aromatic amines is 1. The van der Waals surface area contributed by atoms with Crippen LogP contribution in [0.2, 0.25) is 10.0 Å². The lowest BCUT2D eigenvalue weighted by molar-refractivity contribution is 0.0685.